The molecule has 3 aromatic rings. The van der Waals surface area contributed by atoms with Crippen LogP contribution in [-0.2, 0) is 15.9 Å². The molecule has 2 aromatic carbocycles. The van der Waals surface area contributed by atoms with Crippen molar-refractivity contribution in [3.05, 3.63) is 94.3 Å². The Bertz CT molecular complexity index is 1400. The first-order valence-corrected chi connectivity index (χ1v) is 12.7. The van der Waals surface area contributed by atoms with Gasteiger partial charge in [-0.15, -0.1) is 0 Å². The summed E-state index contributed by atoms with van der Waals surface area (Å²) in [6.07, 6.45) is -0.653. The molecule has 196 valence electrons. The Kier molecular flexibility index (Phi) is 6.35. The van der Waals surface area contributed by atoms with Crippen LogP contribution < -0.4 is 10.1 Å². The van der Waals surface area contributed by atoms with Crippen LogP contribution >= 0.6 is 11.6 Å². The van der Waals surface area contributed by atoms with Gasteiger partial charge in [0.05, 0.1) is 22.8 Å². The summed E-state index contributed by atoms with van der Waals surface area (Å²) >= 11 is 6.23. The smallest absolute Gasteiger partial charge is 0.407 e. The zero-order chi connectivity index (χ0) is 27.3. The van der Waals surface area contributed by atoms with Gasteiger partial charge in [0, 0.05) is 30.6 Å². The molecule has 1 amide bonds. The number of pyridine rings is 1. The second-order valence-electron chi connectivity index (χ2n) is 10.7. The summed E-state index contributed by atoms with van der Waals surface area (Å²) in [4.78, 5) is 17.0. The lowest BCUT2D eigenvalue weighted by Crippen LogP contribution is -2.52. The van der Waals surface area contributed by atoms with Crippen molar-refractivity contribution in [3.63, 3.8) is 0 Å². The number of nitrogens with one attached hydrogen (secondary N) is 1. The summed E-state index contributed by atoms with van der Waals surface area (Å²) < 4.78 is 12.0. The van der Waals surface area contributed by atoms with Crippen molar-refractivity contribution in [2.75, 3.05) is 6.54 Å². The molecule has 5 rings (SSSR count). The molecule has 1 aliphatic carbocycles. The van der Waals surface area contributed by atoms with Gasteiger partial charge in [-0.1, -0.05) is 54.1 Å². The van der Waals surface area contributed by atoms with Gasteiger partial charge in [-0.2, -0.15) is 5.26 Å². The Morgan fingerprint density at radius 2 is 1.89 bits per heavy atom. The zero-order valence-corrected chi connectivity index (χ0v) is 21.9. The van der Waals surface area contributed by atoms with Crippen molar-refractivity contribution in [1.82, 2.24) is 10.3 Å². The molecule has 2 heterocycles. The molecule has 8 nitrogen and oxygen atoms in total. The van der Waals surface area contributed by atoms with E-state index in [4.69, 9.17) is 21.1 Å². The second kappa shape index (κ2) is 9.28. The number of alkyl carbamates (subject to hydrolysis) is 1. The summed E-state index contributed by atoms with van der Waals surface area (Å²) in [7, 11) is 0. The van der Waals surface area contributed by atoms with Crippen LogP contribution in [0.5, 0.6) is 5.75 Å². The molecule has 0 saturated heterocycles. The number of amides is 1. The number of fused-ring (bicyclic) bond motifs is 3. The van der Waals surface area contributed by atoms with E-state index in [-0.39, 0.29) is 18.0 Å². The van der Waals surface area contributed by atoms with E-state index in [0.29, 0.717) is 16.1 Å². The normalized spacial score (nSPS) is 27.6. The number of aliphatic hydroxyl groups is 2. The molecule has 3 N–H and O–H groups in total. The fourth-order valence-corrected chi connectivity index (χ4v) is 5.95. The van der Waals surface area contributed by atoms with Gasteiger partial charge >= 0.3 is 6.09 Å². The number of nitrogens with zero attached hydrogens (tertiary/aromatic N) is 2. The molecule has 0 spiro atoms. The molecular weight excluding hydrogens is 506 g/mol. The van der Waals surface area contributed by atoms with E-state index in [1.165, 1.54) is 6.20 Å². The number of nitriles is 1. The number of ether oxygens (including phenoxy) is 2. The van der Waals surface area contributed by atoms with Gasteiger partial charge < -0.3 is 25.0 Å². The number of carbonyl (C=O) groups excluding carboxylic acids is 1. The SMILES string of the molecule is CC(C)(C)OC(=O)NC[C@H]1[C@@H](O)[C@@]2(O)c3ncc(Cl)cc3O[C@@]2(c2ccc(C#N)cc2)[C@@H]1c1ccccc1. The summed E-state index contributed by atoms with van der Waals surface area (Å²) in [6.45, 7) is 5.28. The third kappa shape index (κ3) is 3.99. The Labute approximate surface area is 225 Å². The molecular formula is C29H28ClN3O5. The van der Waals surface area contributed by atoms with Crippen molar-refractivity contribution in [2.45, 2.75) is 49.6 Å². The summed E-state index contributed by atoms with van der Waals surface area (Å²) in [5.74, 6) is -1.11. The van der Waals surface area contributed by atoms with Gasteiger partial charge in [0.15, 0.2) is 11.2 Å². The van der Waals surface area contributed by atoms with Crippen molar-refractivity contribution < 1.29 is 24.5 Å². The van der Waals surface area contributed by atoms with Crippen LogP contribution in [0.2, 0.25) is 5.02 Å². The number of aromatic nitrogens is 1. The van der Waals surface area contributed by atoms with E-state index < -0.39 is 40.8 Å². The second-order valence-corrected chi connectivity index (χ2v) is 11.1. The highest BCUT2D eigenvalue weighted by molar-refractivity contribution is 6.30. The Balaban J connectivity index is 1.70. The van der Waals surface area contributed by atoms with E-state index >= 15 is 0 Å². The van der Waals surface area contributed by atoms with Crippen molar-refractivity contribution in [2.24, 2.45) is 5.92 Å². The molecule has 1 saturated carbocycles. The van der Waals surface area contributed by atoms with Gasteiger partial charge in [0.2, 0.25) is 0 Å². The van der Waals surface area contributed by atoms with Gasteiger partial charge in [-0.3, -0.25) is 4.98 Å². The molecule has 0 bridgehead atoms. The number of aliphatic hydroxyl groups excluding tert-OH is 1. The minimum Gasteiger partial charge on any atom is -0.476 e. The van der Waals surface area contributed by atoms with E-state index in [0.717, 1.165) is 5.56 Å². The molecule has 0 unspecified atom stereocenters. The number of hydrogen-bond acceptors (Lipinski definition) is 7. The average molecular weight is 534 g/mol. The maximum absolute atomic E-state index is 12.6. The quantitative estimate of drug-likeness (QED) is 0.454. The van der Waals surface area contributed by atoms with Crippen molar-refractivity contribution in [1.29, 1.82) is 5.26 Å². The van der Waals surface area contributed by atoms with Crippen LogP contribution in [0.1, 0.15) is 49.1 Å². The van der Waals surface area contributed by atoms with Gasteiger partial charge in [-0.25, -0.2) is 4.79 Å². The molecule has 1 aromatic heterocycles. The number of carbonyl (C=O) groups is 1. The van der Waals surface area contributed by atoms with Crippen LogP contribution in [0.25, 0.3) is 0 Å². The summed E-state index contributed by atoms with van der Waals surface area (Å²) in [5.41, 5.74) is -2.37. The third-order valence-corrected chi connectivity index (χ3v) is 7.41. The maximum atomic E-state index is 12.6. The third-order valence-electron chi connectivity index (χ3n) is 7.20. The zero-order valence-electron chi connectivity index (χ0n) is 21.2. The lowest BCUT2D eigenvalue weighted by molar-refractivity contribution is -0.153. The Hall–Kier alpha value is -3.64. The first-order valence-electron chi connectivity index (χ1n) is 12.3. The predicted molar refractivity (Wildman–Crippen MR) is 140 cm³/mol. The van der Waals surface area contributed by atoms with Crippen LogP contribution in [0, 0.1) is 17.2 Å². The summed E-state index contributed by atoms with van der Waals surface area (Å²) in [6, 6.07) is 19.7. The molecule has 38 heavy (non-hydrogen) atoms. The fraction of sp³-hybridized carbons (Fsp3) is 0.345. The number of halogens is 1. The topological polar surface area (TPSA) is 125 Å². The molecule has 2 aliphatic rings. The van der Waals surface area contributed by atoms with Gasteiger partial charge in [-0.05, 0) is 44.0 Å². The highest BCUT2D eigenvalue weighted by Crippen LogP contribution is 2.67. The molecule has 9 heteroatoms. The average Bonchev–Trinajstić information content (AvgIpc) is 3.24. The van der Waals surface area contributed by atoms with Crippen LogP contribution in [0.4, 0.5) is 4.79 Å². The first-order chi connectivity index (χ1) is 18.0. The Morgan fingerprint density at radius 1 is 1.21 bits per heavy atom. The predicted octanol–water partition coefficient (Wildman–Crippen LogP) is 4.38. The highest BCUT2D eigenvalue weighted by Gasteiger charge is 2.76. The van der Waals surface area contributed by atoms with E-state index in [2.05, 4.69) is 16.4 Å². The number of rotatable bonds is 4. The van der Waals surface area contributed by atoms with Crippen molar-refractivity contribution in [3.8, 4) is 11.8 Å². The molecule has 5 atom stereocenters. The minimum absolute atomic E-state index is 0.0116. The molecule has 0 radical (unpaired) electrons. The standard InChI is InChI=1S/C29H28ClN3O5/c1-27(2,3)38-26(35)33-16-21-23(18-7-5-4-6-8-18)29(19-11-9-17(14-31)10-12-19)28(36,25(21)34)24-22(37-29)13-20(30)15-32-24/h4-13,15,21,23,25,34,36H,16H2,1-3H3,(H,33,35)/t21-,23-,25-,28+,29+/m1/s1. The van der Waals surface area contributed by atoms with Gasteiger partial charge in [0.1, 0.15) is 17.0 Å². The minimum atomic E-state index is -2.01. The van der Waals surface area contributed by atoms with E-state index in [1.807, 2.05) is 30.3 Å². The monoisotopic (exact) mass is 533 g/mol. The maximum Gasteiger partial charge on any atom is 0.407 e. The van der Waals surface area contributed by atoms with Crippen LogP contribution in [0.3, 0.4) is 0 Å². The molecule has 1 aliphatic heterocycles. The largest absolute Gasteiger partial charge is 0.476 e. The fourth-order valence-electron chi connectivity index (χ4n) is 5.80. The first kappa shape index (κ1) is 26.0. The molecule has 1 fully saturated rings. The van der Waals surface area contributed by atoms with Crippen LogP contribution in [0.15, 0.2) is 66.9 Å². The Morgan fingerprint density at radius 3 is 2.53 bits per heavy atom. The van der Waals surface area contributed by atoms with E-state index in [1.54, 1.807) is 51.1 Å². The van der Waals surface area contributed by atoms with Gasteiger partial charge in [0.25, 0.3) is 0 Å². The van der Waals surface area contributed by atoms with E-state index in [9.17, 15) is 20.3 Å². The lowest BCUT2D eigenvalue weighted by Gasteiger charge is -2.40. The van der Waals surface area contributed by atoms with Crippen LogP contribution in [-0.4, -0.2) is 39.5 Å². The number of benzene rings is 2. The van der Waals surface area contributed by atoms with Crippen molar-refractivity contribution >= 4 is 17.7 Å². The number of hydrogen-bond donors (Lipinski definition) is 3. The summed E-state index contributed by atoms with van der Waals surface area (Å²) in [5, 5.41) is 36.9. The lowest BCUT2D eigenvalue weighted by atomic mass is 9.71. The highest BCUT2D eigenvalue weighted by atomic mass is 35.5.